The zero-order valence-electron chi connectivity index (χ0n) is 17.9. The molecule has 0 aliphatic carbocycles. The van der Waals surface area contributed by atoms with Crippen LogP contribution >= 0.6 is 0 Å². The van der Waals surface area contributed by atoms with Gasteiger partial charge in [-0.1, -0.05) is 12.1 Å². The Balaban J connectivity index is 1.94. The Bertz CT molecular complexity index is 1010. The van der Waals surface area contributed by atoms with Crippen LogP contribution < -0.4 is 19.1 Å². The summed E-state index contributed by atoms with van der Waals surface area (Å²) in [6.07, 6.45) is 1.51. The smallest absolute Gasteiger partial charge is 0.267 e. The number of rotatable bonds is 9. The van der Waals surface area contributed by atoms with Crippen molar-refractivity contribution in [1.29, 1.82) is 0 Å². The highest BCUT2D eigenvalue weighted by Crippen LogP contribution is 2.25. The molecular weight excluding hydrogens is 392 g/mol. The van der Waals surface area contributed by atoms with Crippen molar-refractivity contribution < 1.29 is 19.0 Å². The molecule has 1 amide bonds. The molecule has 0 N–H and O–H groups in total. The fourth-order valence-electron chi connectivity index (χ4n) is 2.98. The van der Waals surface area contributed by atoms with Crippen molar-refractivity contribution in [2.75, 3.05) is 25.2 Å². The predicted octanol–water partition coefficient (Wildman–Crippen LogP) is 5.50. The molecular formula is C25H26N2O4. The van der Waals surface area contributed by atoms with Gasteiger partial charge < -0.3 is 14.2 Å². The van der Waals surface area contributed by atoms with E-state index in [9.17, 15) is 4.79 Å². The minimum atomic E-state index is -0.253. The fraction of sp³-hybridized carbons (Fsp3) is 0.200. The summed E-state index contributed by atoms with van der Waals surface area (Å²) in [5.41, 5.74) is 1.80. The van der Waals surface area contributed by atoms with Crippen LogP contribution in [0.3, 0.4) is 0 Å². The summed E-state index contributed by atoms with van der Waals surface area (Å²) in [7, 11) is 1.54. The number of nitrogens with zero attached hydrogens (tertiary/aromatic N) is 2. The molecule has 0 aliphatic heterocycles. The Morgan fingerprint density at radius 1 is 0.871 bits per heavy atom. The third kappa shape index (κ3) is 5.63. The molecule has 0 aromatic heterocycles. The number of carbonyl (C=O) groups excluding carboxylic acids is 1. The standard InChI is InChI=1S/C25H26N2O4/c1-4-30-21-14-10-19(11-15-21)26-18-27(20-12-16-22(17-13-20)31-5-2)25(28)23-8-6-7-9-24(23)29-3/h6-18H,4-5H2,1-3H3. The molecule has 31 heavy (non-hydrogen) atoms. The second-order valence-corrected chi connectivity index (χ2v) is 6.47. The molecule has 0 aliphatic rings. The lowest BCUT2D eigenvalue weighted by atomic mass is 10.1. The summed E-state index contributed by atoms with van der Waals surface area (Å²) < 4.78 is 16.4. The number of aliphatic imine (C=N–C) groups is 1. The normalized spacial score (nSPS) is 10.7. The molecule has 0 bridgehead atoms. The van der Waals surface area contributed by atoms with Gasteiger partial charge in [-0.05, 0) is 74.5 Å². The summed E-state index contributed by atoms with van der Waals surface area (Å²) in [5.74, 6) is 1.75. The van der Waals surface area contributed by atoms with Crippen LogP contribution in [0.1, 0.15) is 24.2 Å². The van der Waals surface area contributed by atoms with Crippen LogP contribution in [0.25, 0.3) is 0 Å². The summed E-state index contributed by atoms with van der Waals surface area (Å²) in [6.45, 7) is 5.03. The SMILES string of the molecule is CCOc1ccc(N=CN(C(=O)c2ccccc2OC)c2ccc(OCC)cc2)cc1. The van der Waals surface area contributed by atoms with E-state index in [1.165, 1.54) is 11.2 Å². The van der Waals surface area contributed by atoms with Gasteiger partial charge in [-0.25, -0.2) is 4.99 Å². The number of anilines is 1. The Kier molecular flexibility index (Phi) is 7.65. The molecule has 6 nitrogen and oxygen atoms in total. The lowest BCUT2D eigenvalue weighted by Gasteiger charge is -2.19. The number of amides is 1. The number of hydrogen-bond donors (Lipinski definition) is 0. The molecule has 0 atom stereocenters. The maximum atomic E-state index is 13.4. The van der Waals surface area contributed by atoms with E-state index in [0.29, 0.717) is 35.9 Å². The minimum absolute atomic E-state index is 0.253. The fourth-order valence-corrected chi connectivity index (χ4v) is 2.98. The topological polar surface area (TPSA) is 60.4 Å². The van der Waals surface area contributed by atoms with Gasteiger partial charge in [-0.2, -0.15) is 0 Å². The van der Waals surface area contributed by atoms with E-state index in [1.54, 1.807) is 25.3 Å². The molecule has 3 aromatic carbocycles. The van der Waals surface area contributed by atoms with E-state index in [4.69, 9.17) is 14.2 Å². The van der Waals surface area contributed by atoms with E-state index >= 15 is 0 Å². The molecule has 3 aromatic rings. The van der Waals surface area contributed by atoms with Crippen LogP contribution in [0.4, 0.5) is 11.4 Å². The van der Waals surface area contributed by atoms with Gasteiger partial charge in [0.1, 0.15) is 23.6 Å². The van der Waals surface area contributed by atoms with Crippen LogP contribution in [0.2, 0.25) is 0 Å². The average Bonchev–Trinajstić information content (AvgIpc) is 2.81. The molecule has 0 heterocycles. The first-order valence-corrected chi connectivity index (χ1v) is 10.1. The first-order chi connectivity index (χ1) is 15.2. The molecule has 3 rings (SSSR count). The van der Waals surface area contributed by atoms with E-state index < -0.39 is 0 Å². The highest BCUT2D eigenvalue weighted by molar-refractivity contribution is 6.17. The minimum Gasteiger partial charge on any atom is -0.496 e. The average molecular weight is 418 g/mol. The van der Waals surface area contributed by atoms with Gasteiger partial charge >= 0.3 is 0 Å². The molecule has 6 heteroatoms. The number of para-hydroxylation sites is 1. The van der Waals surface area contributed by atoms with Gasteiger partial charge in [0, 0.05) is 0 Å². The number of ether oxygens (including phenoxy) is 3. The van der Waals surface area contributed by atoms with Crippen molar-refractivity contribution in [3.05, 3.63) is 78.4 Å². The van der Waals surface area contributed by atoms with Crippen molar-refractivity contribution in [2.45, 2.75) is 13.8 Å². The molecule has 0 unspecified atom stereocenters. The molecule has 0 radical (unpaired) electrons. The van der Waals surface area contributed by atoms with Crippen molar-refractivity contribution in [3.8, 4) is 17.2 Å². The Hall–Kier alpha value is -3.80. The van der Waals surface area contributed by atoms with Gasteiger partial charge in [-0.3, -0.25) is 9.69 Å². The third-order valence-electron chi connectivity index (χ3n) is 4.45. The zero-order chi connectivity index (χ0) is 22.1. The summed E-state index contributed by atoms with van der Waals surface area (Å²) in [4.78, 5) is 19.4. The van der Waals surface area contributed by atoms with Crippen molar-refractivity contribution >= 4 is 23.6 Å². The second kappa shape index (κ2) is 10.8. The van der Waals surface area contributed by atoms with Crippen LogP contribution in [0.15, 0.2) is 77.8 Å². The monoisotopic (exact) mass is 418 g/mol. The Labute approximate surface area is 182 Å². The number of hydrogen-bond acceptors (Lipinski definition) is 5. The molecule has 0 spiro atoms. The van der Waals surface area contributed by atoms with Crippen molar-refractivity contribution in [3.63, 3.8) is 0 Å². The lowest BCUT2D eigenvalue weighted by molar-refractivity contribution is 0.100. The number of benzene rings is 3. The van der Waals surface area contributed by atoms with E-state index in [1.807, 2.05) is 68.4 Å². The largest absolute Gasteiger partial charge is 0.496 e. The van der Waals surface area contributed by atoms with Crippen LogP contribution in [-0.4, -0.2) is 32.6 Å². The van der Waals surface area contributed by atoms with Crippen molar-refractivity contribution in [2.24, 2.45) is 4.99 Å². The zero-order valence-corrected chi connectivity index (χ0v) is 17.9. The van der Waals surface area contributed by atoms with E-state index in [2.05, 4.69) is 4.99 Å². The molecule has 0 saturated carbocycles. The maximum absolute atomic E-state index is 13.4. The first kappa shape index (κ1) is 21.9. The second-order valence-electron chi connectivity index (χ2n) is 6.47. The third-order valence-corrected chi connectivity index (χ3v) is 4.45. The maximum Gasteiger partial charge on any atom is 0.267 e. The van der Waals surface area contributed by atoms with Gasteiger partial charge in [-0.15, -0.1) is 0 Å². The molecule has 0 fully saturated rings. The molecule has 160 valence electrons. The van der Waals surface area contributed by atoms with Crippen LogP contribution in [-0.2, 0) is 0 Å². The van der Waals surface area contributed by atoms with Crippen LogP contribution in [0.5, 0.6) is 17.2 Å². The lowest BCUT2D eigenvalue weighted by Crippen LogP contribution is -2.29. The number of methoxy groups -OCH3 is 1. The predicted molar refractivity (Wildman–Crippen MR) is 123 cm³/mol. The summed E-state index contributed by atoms with van der Waals surface area (Å²) in [6, 6.07) is 21.8. The van der Waals surface area contributed by atoms with Gasteiger partial charge in [0.15, 0.2) is 0 Å². The van der Waals surface area contributed by atoms with Crippen LogP contribution in [0, 0.1) is 0 Å². The Morgan fingerprint density at radius 3 is 2.03 bits per heavy atom. The Morgan fingerprint density at radius 2 is 1.45 bits per heavy atom. The summed E-state index contributed by atoms with van der Waals surface area (Å²) >= 11 is 0. The number of carbonyl (C=O) groups is 1. The van der Waals surface area contributed by atoms with Gasteiger partial charge in [0.05, 0.1) is 37.3 Å². The quantitative estimate of drug-likeness (QED) is 0.340. The highest BCUT2D eigenvalue weighted by atomic mass is 16.5. The molecule has 0 saturated heterocycles. The first-order valence-electron chi connectivity index (χ1n) is 10.1. The summed E-state index contributed by atoms with van der Waals surface area (Å²) in [5, 5.41) is 0. The van der Waals surface area contributed by atoms with E-state index in [-0.39, 0.29) is 5.91 Å². The highest BCUT2D eigenvalue weighted by Gasteiger charge is 2.20. The van der Waals surface area contributed by atoms with Gasteiger partial charge in [0.2, 0.25) is 0 Å². The van der Waals surface area contributed by atoms with Crippen molar-refractivity contribution in [1.82, 2.24) is 0 Å². The van der Waals surface area contributed by atoms with E-state index in [0.717, 1.165) is 11.5 Å². The van der Waals surface area contributed by atoms with Gasteiger partial charge in [0.25, 0.3) is 5.91 Å².